The van der Waals surface area contributed by atoms with Crippen molar-refractivity contribution in [1.29, 1.82) is 0 Å². The highest BCUT2D eigenvalue weighted by atomic mass is 16.5. The van der Waals surface area contributed by atoms with Gasteiger partial charge in [-0.1, -0.05) is 12.1 Å². The summed E-state index contributed by atoms with van der Waals surface area (Å²) in [7, 11) is 0. The first-order valence-electron chi connectivity index (χ1n) is 6.31. The quantitative estimate of drug-likeness (QED) is 0.876. The molecule has 0 spiro atoms. The van der Waals surface area contributed by atoms with E-state index < -0.39 is 0 Å². The topological polar surface area (TPSA) is 52.0 Å². The van der Waals surface area contributed by atoms with Gasteiger partial charge in [0, 0.05) is 6.04 Å². The number of nitrogens with zero attached hydrogens (tertiary/aromatic N) is 3. The maximum Gasteiger partial charge on any atom is 0.176 e. The summed E-state index contributed by atoms with van der Waals surface area (Å²) in [4.78, 5) is 0. The minimum atomic E-state index is -0.0528. The van der Waals surface area contributed by atoms with Gasteiger partial charge in [-0.15, -0.1) is 10.2 Å². The molecule has 1 atom stereocenters. The molecule has 0 radical (unpaired) electrons. The van der Waals surface area contributed by atoms with Crippen LogP contribution < -0.4 is 10.1 Å². The van der Waals surface area contributed by atoms with Gasteiger partial charge in [0.2, 0.25) is 0 Å². The Hall–Kier alpha value is -2.04. The average molecular weight is 242 g/mol. The van der Waals surface area contributed by atoms with E-state index in [2.05, 4.69) is 20.1 Å². The van der Waals surface area contributed by atoms with E-state index >= 15 is 0 Å². The molecular weight excluding hydrogens is 228 g/mol. The fourth-order valence-electron chi connectivity index (χ4n) is 2.37. The standard InChI is InChI=1S/C13H14N4O/c1-2-4-11-10(3-1)14-7-12(18-11)13-16-15-8-17(13)9-5-6-9/h1-4,8-9,12,14H,5-7H2. The molecule has 1 aliphatic carbocycles. The molecule has 18 heavy (non-hydrogen) atoms. The Morgan fingerprint density at radius 3 is 3.06 bits per heavy atom. The summed E-state index contributed by atoms with van der Waals surface area (Å²) in [5.41, 5.74) is 1.05. The van der Waals surface area contributed by atoms with E-state index in [1.54, 1.807) is 0 Å². The van der Waals surface area contributed by atoms with Crippen LogP contribution in [0.2, 0.25) is 0 Å². The average Bonchev–Trinajstić information content (AvgIpc) is 3.16. The lowest BCUT2D eigenvalue weighted by atomic mass is 10.2. The Kier molecular flexibility index (Phi) is 2.06. The molecule has 2 aliphatic rings. The van der Waals surface area contributed by atoms with Crippen LogP contribution in [0.4, 0.5) is 5.69 Å². The number of hydrogen-bond acceptors (Lipinski definition) is 4. The van der Waals surface area contributed by atoms with Gasteiger partial charge in [0.25, 0.3) is 0 Å². The zero-order valence-corrected chi connectivity index (χ0v) is 9.91. The van der Waals surface area contributed by atoms with Crippen molar-refractivity contribution < 1.29 is 4.74 Å². The van der Waals surface area contributed by atoms with E-state index in [1.807, 2.05) is 30.6 Å². The number of para-hydroxylation sites is 2. The number of hydrogen-bond donors (Lipinski definition) is 1. The number of aromatic nitrogens is 3. The summed E-state index contributed by atoms with van der Waals surface area (Å²) >= 11 is 0. The van der Waals surface area contributed by atoms with Crippen LogP contribution in [0.25, 0.3) is 0 Å². The number of rotatable bonds is 2. The van der Waals surface area contributed by atoms with E-state index in [0.717, 1.165) is 23.8 Å². The predicted octanol–water partition coefficient (Wildman–Crippen LogP) is 2.16. The third-order valence-electron chi connectivity index (χ3n) is 3.46. The third kappa shape index (κ3) is 1.54. The van der Waals surface area contributed by atoms with Crippen LogP contribution in [0.1, 0.15) is 30.8 Å². The largest absolute Gasteiger partial charge is 0.478 e. The highest BCUT2D eigenvalue weighted by Gasteiger charge is 2.31. The minimum Gasteiger partial charge on any atom is -0.478 e. The monoisotopic (exact) mass is 242 g/mol. The number of nitrogens with one attached hydrogen (secondary N) is 1. The SMILES string of the molecule is c1ccc2c(c1)NCC(c1nncn1C1CC1)O2. The van der Waals surface area contributed by atoms with Crippen molar-refractivity contribution in [2.75, 3.05) is 11.9 Å². The second-order valence-electron chi connectivity index (χ2n) is 4.81. The molecule has 1 aliphatic heterocycles. The summed E-state index contributed by atoms with van der Waals surface area (Å²) in [6.45, 7) is 0.739. The summed E-state index contributed by atoms with van der Waals surface area (Å²) in [5, 5.41) is 11.6. The Balaban J connectivity index is 1.65. The fourth-order valence-corrected chi connectivity index (χ4v) is 2.37. The number of fused-ring (bicyclic) bond motifs is 1. The highest BCUT2D eigenvalue weighted by Crippen LogP contribution is 2.38. The molecular formula is C13H14N4O. The lowest BCUT2D eigenvalue weighted by Crippen LogP contribution is -2.26. The predicted molar refractivity (Wildman–Crippen MR) is 66.6 cm³/mol. The van der Waals surface area contributed by atoms with Crippen LogP contribution in [0, 0.1) is 0 Å². The first-order chi connectivity index (χ1) is 8.92. The first-order valence-corrected chi connectivity index (χ1v) is 6.31. The van der Waals surface area contributed by atoms with E-state index in [0.29, 0.717) is 6.04 Å². The minimum absolute atomic E-state index is 0.0528. The molecule has 5 nitrogen and oxygen atoms in total. The van der Waals surface area contributed by atoms with Crippen LogP contribution in [0.3, 0.4) is 0 Å². The molecule has 1 saturated carbocycles. The van der Waals surface area contributed by atoms with Gasteiger partial charge >= 0.3 is 0 Å². The highest BCUT2D eigenvalue weighted by molar-refractivity contribution is 5.57. The van der Waals surface area contributed by atoms with Crippen LogP contribution in [0.5, 0.6) is 5.75 Å². The van der Waals surface area contributed by atoms with E-state index in [-0.39, 0.29) is 6.10 Å². The molecule has 0 saturated heterocycles. The van der Waals surface area contributed by atoms with E-state index in [1.165, 1.54) is 12.8 Å². The molecule has 1 unspecified atom stereocenters. The zero-order valence-electron chi connectivity index (χ0n) is 9.91. The molecule has 4 rings (SSSR count). The van der Waals surface area contributed by atoms with Crippen LogP contribution in [-0.4, -0.2) is 21.3 Å². The molecule has 2 aromatic rings. The van der Waals surface area contributed by atoms with Crippen molar-refractivity contribution in [3.8, 4) is 5.75 Å². The molecule has 1 aromatic carbocycles. The lowest BCUT2D eigenvalue weighted by molar-refractivity contribution is 0.194. The van der Waals surface area contributed by atoms with Crippen LogP contribution in [0.15, 0.2) is 30.6 Å². The fraction of sp³-hybridized carbons (Fsp3) is 0.385. The van der Waals surface area contributed by atoms with Gasteiger partial charge in [-0.3, -0.25) is 0 Å². The van der Waals surface area contributed by atoms with E-state index in [4.69, 9.17) is 4.74 Å². The third-order valence-corrected chi connectivity index (χ3v) is 3.46. The van der Waals surface area contributed by atoms with Gasteiger partial charge < -0.3 is 14.6 Å². The molecule has 1 N–H and O–H groups in total. The molecule has 2 heterocycles. The van der Waals surface area contributed by atoms with E-state index in [9.17, 15) is 0 Å². The Labute approximate surface area is 105 Å². The van der Waals surface area contributed by atoms with Crippen molar-refractivity contribution in [2.24, 2.45) is 0 Å². The summed E-state index contributed by atoms with van der Waals surface area (Å²) < 4.78 is 8.16. The second kappa shape index (κ2) is 3.73. The summed E-state index contributed by atoms with van der Waals surface area (Å²) in [6, 6.07) is 8.57. The van der Waals surface area contributed by atoms with Gasteiger partial charge in [0.05, 0.1) is 12.2 Å². The Morgan fingerprint density at radius 1 is 1.28 bits per heavy atom. The zero-order chi connectivity index (χ0) is 11.9. The second-order valence-corrected chi connectivity index (χ2v) is 4.81. The van der Waals surface area contributed by atoms with Crippen LogP contribution in [-0.2, 0) is 0 Å². The lowest BCUT2D eigenvalue weighted by Gasteiger charge is -2.26. The molecule has 0 bridgehead atoms. The molecule has 5 heteroatoms. The van der Waals surface area contributed by atoms with Crippen molar-refractivity contribution >= 4 is 5.69 Å². The van der Waals surface area contributed by atoms with Crippen molar-refractivity contribution in [1.82, 2.24) is 14.8 Å². The first kappa shape index (κ1) is 9.94. The van der Waals surface area contributed by atoms with Gasteiger partial charge in [0.15, 0.2) is 11.9 Å². The van der Waals surface area contributed by atoms with Gasteiger partial charge in [-0.05, 0) is 25.0 Å². The maximum atomic E-state index is 6.01. The number of ether oxygens (including phenoxy) is 1. The summed E-state index contributed by atoms with van der Waals surface area (Å²) in [5.74, 6) is 1.82. The smallest absolute Gasteiger partial charge is 0.176 e. The van der Waals surface area contributed by atoms with Gasteiger partial charge in [-0.25, -0.2) is 0 Å². The Bertz CT molecular complexity index is 576. The number of anilines is 1. The van der Waals surface area contributed by atoms with Gasteiger partial charge in [0.1, 0.15) is 12.1 Å². The van der Waals surface area contributed by atoms with Gasteiger partial charge in [-0.2, -0.15) is 0 Å². The van der Waals surface area contributed by atoms with Crippen LogP contribution >= 0.6 is 0 Å². The maximum absolute atomic E-state index is 6.01. The number of benzene rings is 1. The Morgan fingerprint density at radius 2 is 2.17 bits per heavy atom. The summed E-state index contributed by atoms with van der Waals surface area (Å²) in [6.07, 6.45) is 4.21. The van der Waals surface area contributed by atoms with Crippen molar-refractivity contribution in [3.05, 3.63) is 36.4 Å². The molecule has 1 fully saturated rings. The van der Waals surface area contributed by atoms with Crippen molar-refractivity contribution in [2.45, 2.75) is 25.0 Å². The molecule has 92 valence electrons. The van der Waals surface area contributed by atoms with Crippen molar-refractivity contribution in [3.63, 3.8) is 0 Å². The molecule has 1 aromatic heterocycles. The normalized spacial score (nSPS) is 21.9. The molecule has 0 amide bonds.